The summed E-state index contributed by atoms with van der Waals surface area (Å²) >= 11 is 0. The molecule has 0 aromatic heterocycles. The van der Waals surface area contributed by atoms with Crippen LogP contribution in [0.15, 0.2) is 53.4 Å². The summed E-state index contributed by atoms with van der Waals surface area (Å²) in [5, 5.41) is 2.57. The van der Waals surface area contributed by atoms with Crippen molar-refractivity contribution in [1.29, 1.82) is 0 Å². The number of ether oxygens (including phenoxy) is 1. The third-order valence-corrected chi connectivity index (χ3v) is 6.22. The van der Waals surface area contributed by atoms with E-state index in [0.717, 1.165) is 6.07 Å². The van der Waals surface area contributed by atoms with E-state index in [9.17, 15) is 22.4 Å². The van der Waals surface area contributed by atoms with Crippen LogP contribution in [0, 0.1) is 5.82 Å². The molecule has 0 aliphatic rings. The summed E-state index contributed by atoms with van der Waals surface area (Å²) < 4.78 is 44.2. The van der Waals surface area contributed by atoms with E-state index in [2.05, 4.69) is 5.32 Å². The number of rotatable bonds is 9. The fourth-order valence-corrected chi connectivity index (χ4v) is 4.03. The Morgan fingerprint density at radius 2 is 1.72 bits per heavy atom. The van der Waals surface area contributed by atoms with Crippen LogP contribution in [0.1, 0.15) is 29.8 Å². The molecule has 0 aliphatic carbocycles. The molecular formula is C20H23FN2O5S. The summed E-state index contributed by atoms with van der Waals surface area (Å²) in [6.45, 7) is 3.93. The van der Waals surface area contributed by atoms with Crippen molar-refractivity contribution in [3.8, 4) is 0 Å². The molecule has 2 aromatic rings. The molecule has 7 nitrogen and oxygen atoms in total. The average molecular weight is 422 g/mol. The van der Waals surface area contributed by atoms with Crippen molar-refractivity contribution >= 4 is 21.9 Å². The highest BCUT2D eigenvalue weighted by Crippen LogP contribution is 2.16. The number of nitrogens with one attached hydrogen (secondary N) is 1. The molecule has 156 valence electrons. The van der Waals surface area contributed by atoms with Crippen molar-refractivity contribution in [1.82, 2.24) is 9.62 Å². The fourth-order valence-electron chi connectivity index (χ4n) is 2.57. The second-order valence-corrected chi connectivity index (χ2v) is 8.03. The van der Waals surface area contributed by atoms with E-state index < -0.39 is 34.3 Å². The summed E-state index contributed by atoms with van der Waals surface area (Å²) in [6.07, 6.45) is 0. The molecule has 0 saturated carbocycles. The summed E-state index contributed by atoms with van der Waals surface area (Å²) in [7, 11) is -3.54. The Bertz CT molecular complexity index is 957. The highest BCUT2D eigenvalue weighted by molar-refractivity contribution is 7.89. The highest BCUT2D eigenvalue weighted by atomic mass is 32.2. The SMILES string of the molecule is CCN(CC)S(=O)(=O)c1ccc(CNC(=O)COC(=O)c2cccc(F)c2)cc1. The van der Waals surface area contributed by atoms with Crippen LogP contribution in [0.5, 0.6) is 0 Å². The Morgan fingerprint density at radius 1 is 1.07 bits per heavy atom. The van der Waals surface area contributed by atoms with E-state index in [4.69, 9.17) is 4.74 Å². The number of hydrogen-bond donors (Lipinski definition) is 1. The second kappa shape index (κ2) is 10.1. The molecule has 9 heteroatoms. The minimum Gasteiger partial charge on any atom is -0.452 e. The maximum Gasteiger partial charge on any atom is 0.338 e. The van der Waals surface area contributed by atoms with Crippen LogP contribution in [0.2, 0.25) is 0 Å². The monoisotopic (exact) mass is 422 g/mol. The molecule has 0 atom stereocenters. The van der Waals surface area contributed by atoms with Crippen LogP contribution in [0.25, 0.3) is 0 Å². The maximum atomic E-state index is 13.1. The van der Waals surface area contributed by atoms with Gasteiger partial charge in [-0.3, -0.25) is 4.79 Å². The van der Waals surface area contributed by atoms with Crippen molar-refractivity contribution in [3.63, 3.8) is 0 Å². The highest BCUT2D eigenvalue weighted by Gasteiger charge is 2.21. The minimum atomic E-state index is -3.54. The van der Waals surface area contributed by atoms with Crippen LogP contribution in [0.3, 0.4) is 0 Å². The van der Waals surface area contributed by atoms with Gasteiger partial charge in [0.15, 0.2) is 6.61 Å². The smallest absolute Gasteiger partial charge is 0.338 e. The molecule has 0 fully saturated rings. The third kappa shape index (κ3) is 6.10. The van der Waals surface area contributed by atoms with Gasteiger partial charge in [-0.2, -0.15) is 4.31 Å². The molecule has 0 spiro atoms. The predicted octanol–water partition coefficient (Wildman–Crippen LogP) is 2.33. The zero-order valence-corrected chi connectivity index (χ0v) is 17.0. The molecule has 29 heavy (non-hydrogen) atoms. The molecule has 0 heterocycles. The van der Waals surface area contributed by atoms with Gasteiger partial charge in [0, 0.05) is 19.6 Å². The first-order valence-electron chi connectivity index (χ1n) is 9.06. The van der Waals surface area contributed by atoms with E-state index >= 15 is 0 Å². The van der Waals surface area contributed by atoms with Crippen molar-refractivity contribution in [2.24, 2.45) is 0 Å². The van der Waals surface area contributed by atoms with Gasteiger partial charge in [-0.25, -0.2) is 17.6 Å². The molecule has 1 N–H and O–H groups in total. The average Bonchev–Trinajstić information content (AvgIpc) is 2.71. The number of halogens is 1. The van der Waals surface area contributed by atoms with Crippen molar-refractivity contribution in [2.45, 2.75) is 25.3 Å². The Morgan fingerprint density at radius 3 is 2.31 bits per heavy atom. The lowest BCUT2D eigenvalue weighted by molar-refractivity contribution is -0.124. The first kappa shape index (κ1) is 22.5. The molecule has 2 aromatic carbocycles. The Kier molecular flexibility index (Phi) is 7.86. The van der Waals surface area contributed by atoms with Crippen LogP contribution < -0.4 is 5.32 Å². The predicted molar refractivity (Wildman–Crippen MR) is 105 cm³/mol. The molecule has 1 amide bonds. The molecule has 2 rings (SSSR count). The van der Waals surface area contributed by atoms with Gasteiger partial charge in [0.1, 0.15) is 5.82 Å². The Hall–Kier alpha value is -2.78. The first-order chi connectivity index (χ1) is 13.8. The summed E-state index contributed by atoms with van der Waals surface area (Å²) in [5.74, 6) is -1.91. The van der Waals surface area contributed by atoms with E-state index in [1.165, 1.54) is 34.6 Å². The van der Waals surface area contributed by atoms with Gasteiger partial charge in [-0.15, -0.1) is 0 Å². The van der Waals surface area contributed by atoms with Crippen LogP contribution in [-0.4, -0.2) is 44.3 Å². The van der Waals surface area contributed by atoms with Gasteiger partial charge in [-0.1, -0.05) is 32.0 Å². The number of esters is 1. The van der Waals surface area contributed by atoms with E-state index in [1.54, 1.807) is 26.0 Å². The number of carbonyl (C=O) groups excluding carboxylic acids is 2. The van der Waals surface area contributed by atoms with Crippen LogP contribution in [-0.2, 0) is 26.1 Å². The maximum absolute atomic E-state index is 13.1. The number of benzene rings is 2. The van der Waals surface area contributed by atoms with Crippen molar-refractivity contribution in [3.05, 3.63) is 65.5 Å². The number of sulfonamides is 1. The molecule has 0 bridgehead atoms. The molecule has 0 aliphatic heterocycles. The molecule has 0 saturated heterocycles. The van der Waals surface area contributed by atoms with Crippen molar-refractivity contribution in [2.75, 3.05) is 19.7 Å². The van der Waals surface area contributed by atoms with Gasteiger partial charge in [0.2, 0.25) is 10.0 Å². The minimum absolute atomic E-state index is 0.0165. The standard InChI is InChI=1S/C20H23FN2O5S/c1-3-23(4-2)29(26,27)18-10-8-15(9-11-18)13-22-19(24)14-28-20(25)16-6-5-7-17(21)12-16/h5-12H,3-4,13-14H2,1-2H3,(H,22,24). The molecule has 0 radical (unpaired) electrons. The van der Waals surface area contributed by atoms with Gasteiger partial charge < -0.3 is 10.1 Å². The lowest BCUT2D eigenvalue weighted by Gasteiger charge is -2.18. The third-order valence-electron chi connectivity index (χ3n) is 4.15. The van der Waals surface area contributed by atoms with Gasteiger partial charge in [-0.05, 0) is 35.9 Å². The topological polar surface area (TPSA) is 92.8 Å². The molecular weight excluding hydrogens is 399 g/mol. The largest absolute Gasteiger partial charge is 0.452 e. The van der Waals surface area contributed by atoms with E-state index in [-0.39, 0.29) is 17.0 Å². The first-order valence-corrected chi connectivity index (χ1v) is 10.5. The normalized spacial score (nSPS) is 11.3. The van der Waals surface area contributed by atoms with Crippen LogP contribution in [0.4, 0.5) is 4.39 Å². The van der Waals surface area contributed by atoms with E-state index in [0.29, 0.717) is 18.7 Å². The number of hydrogen-bond acceptors (Lipinski definition) is 5. The second-order valence-electron chi connectivity index (χ2n) is 6.10. The zero-order chi connectivity index (χ0) is 21.4. The quantitative estimate of drug-likeness (QED) is 0.626. The fraction of sp³-hybridized carbons (Fsp3) is 0.300. The van der Waals surface area contributed by atoms with Gasteiger partial charge >= 0.3 is 5.97 Å². The van der Waals surface area contributed by atoms with Crippen LogP contribution >= 0.6 is 0 Å². The Labute approximate surface area is 169 Å². The lowest BCUT2D eigenvalue weighted by Crippen LogP contribution is -2.30. The van der Waals surface area contributed by atoms with Gasteiger partial charge in [0.25, 0.3) is 5.91 Å². The number of amides is 1. The zero-order valence-electron chi connectivity index (χ0n) is 16.2. The molecule has 0 unspecified atom stereocenters. The lowest BCUT2D eigenvalue weighted by atomic mass is 10.2. The summed E-state index contributed by atoms with van der Waals surface area (Å²) in [5.41, 5.74) is 0.705. The number of carbonyl (C=O) groups is 2. The summed E-state index contributed by atoms with van der Waals surface area (Å²) in [4.78, 5) is 23.8. The van der Waals surface area contributed by atoms with E-state index in [1.807, 2.05) is 0 Å². The number of nitrogens with zero attached hydrogens (tertiary/aromatic N) is 1. The van der Waals surface area contributed by atoms with Gasteiger partial charge in [0.05, 0.1) is 10.5 Å². The Balaban J connectivity index is 1.86. The summed E-state index contributed by atoms with van der Waals surface area (Å²) in [6, 6.07) is 11.2. The van der Waals surface area contributed by atoms with Crippen molar-refractivity contribution < 1.29 is 27.1 Å².